The molecule has 1 aliphatic rings. The maximum atomic E-state index is 4.42. The van der Waals surface area contributed by atoms with Gasteiger partial charge in [0.2, 0.25) is 0 Å². The Hall–Kier alpha value is -1.61. The summed E-state index contributed by atoms with van der Waals surface area (Å²) in [6.45, 7) is 3.38. The van der Waals surface area contributed by atoms with Crippen LogP contribution in [0.25, 0.3) is 0 Å². The lowest BCUT2D eigenvalue weighted by Crippen LogP contribution is -2.26. The minimum absolute atomic E-state index is 0.491. The van der Waals surface area contributed by atoms with Gasteiger partial charge in [-0.05, 0) is 43.7 Å². The molecule has 1 N–H and O–H groups in total. The molecule has 2 aromatic rings. The summed E-state index contributed by atoms with van der Waals surface area (Å²) in [5.74, 6) is 0.607. The average molecular weight is 283 g/mol. The lowest BCUT2D eigenvalue weighted by Gasteiger charge is -2.24. The largest absolute Gasteiger partial charge is 0.310 e. The molecule has 0 radical (unpaired) electrons. The molecule has 21 heavy (non-hydrogen) atoms. The third-order valence-electron chi connectivity index (χ3n) is 4.71. The molecule has 2 atom stereocenters. The minimum atomic E-state index is 0.491. The van der Waals surface area contributed by atoms with Crippen LogP contribution in [0.5, 0.6) is 0 Å². The third-order valence-corrected chi connectivity index (χ3v) is 4.71. The summed E-state index contributed by atoms with van der Waals surface area (Å²) in [6.07, 6.45) is 6.89. The fourth-order valence-corrected chi connectivity index (χ4v) is 3.34. The predicted molar refractivity (Wildman–Crippen MR) is 86.4 cm³/mol. The number of aryl methyl sites for hydroxylation is 1. The number of benzene rings is 1. The summed E-state index contributed by atoms with van der Waals surface area (Å²) in [4.78, 5) is 0. The van der Waals surface area contributed by atoms with E-state index in [1.165, 1.54) is 42.5 Å². The molecule has 2 unspecified atom stereocenters. The monoisotopic (exact) mass is 283 g/mol. The van der Waals surface area contributed by atoms with Crippen LogP contribution in [0.2, 0.25) is 0 Å². The third kappa shape index (κ3) is 3.18. The predicted octanol–water partition coefficient (Wildman–Crippen LogP) is 3.58. The zero-order valence-electron chi connectivity index (χ0n) is 13.0. The molecular weight excluding hydrogens is 258 g/mol. The van der Waals surface area contributed by atoms with E-state index in [2.05, 4.69) is 54.7 Å². The Labute approximate surface area is 127 Å². The second-order valence-corrected chi connectivity index (χ2v) is 6.17. The van der Waals surface area contributed by atoms with Crippen LogP contribution >= 0.6 is 0 Å². The second-order valence-electron chi connectivity index (χ2n) is 6.17. The van der Waals surface area contributed by atoms with E-state index in [1.54, 1.807) is 0 Å². The Bertz CT molecular complexity index is 573. The Morgan fingerprint density at radius 1 is 1.33 bits per heavy atom. The van der Waals surface area contributed by atoms with Crippen molar-refractivity contribution in [2.24, 2.45) is 7.05 Å². The van der Waals surface area contributed by atoms with Gasteiger partial charge < -0.3 is 5.32 Å². The number of hydrogen-bond donors (Lipinski definition) is 1. The Kier molecular flexibility index (Phi) is 4.39. The van der Waals surface area contributed by atoms with E-state index in [4.69, 9.17) is 0 Å². The smallest absolute Gasteiger partial charge is 0.0540 e. The SMILES string of the molecule is CC(CCNC1CCCc2c1cnn2C)c1ccccc1. The first-order valence-corrected chi connectivity index (χ1v) is 8.05. The quantitative estimate of drug-likeness (QED) is 0.909. The topological polar surface area (TPSA) is 29.9 Å². The van der Waals surface area contributed by atoms with E-state index in [9.17, 15) is 0 Å². The fraction of sp³-hybridized carbons (Fsp3) is 0.500. The van der Waals surface area contributed by atoms with Crippen molar-refractivity contribution in [3.8, 4) is 0 Å². The standard InChI is InChI=1S/C18H25N3/c1-14(15-7-4-3-5-8-15)11-12-19-17-9-6-10-18-16(17)13-20-21(18)2/h3-5,7-8,13-14,17,19H,6,9-12H2,1-2H3. The highest BCUT2D eigenvalue weighted by Crippen LogP contribution is 2.29. The van der Waals surface area contributed by atoms with Crippen molar-refractivity contribution in [3.63, 3.8) is 0 Å². The number of rotatable bonds is 5. The highest BCUT2D eigenvalue weighted by atomic mass is 15.3. The summed E-state index contributed by atoms with van der Waals surface area (Å²) in [7, 11) is 2.05. The van der Waals surface area contributed by atoms with Gasteiger partial charge in [-0.1, -0.05) is 37.3 Å². The van der Waals surface area contributed by atoms with E-state index < -0.39 is 0 Å². The van der Waals surface area contributed by atoms with E-state index >= 15 is 0 Å². The minimum Gasteiger partial charge on any atom is -0.310 e. The average Bonchev–Trinajstić information content (AvgIpc) is 2.91. The van der Waals surface area contributed by atoms with Crippen LogP contribution < -0.4 is 5.32 Å². The lowest BCUT2D eigenvalue weighted by molar-refractivity contribution is 0.441. The van der Waals surface area contributed by atoms with Crippen LogP contribution in [0.1, 0.15) is 55.0 Å². The maximum absolute atomic E-state index is 4.42. The molecule has 112 valence electrons. The van der Waals surface area contributed by atoms with Gasteiger partial charge in [-0.25, -0.2) is 0 Å². The molecule has 3 nitrogen and oxygen atoms in total. The van der Waals surface area contributed by atoms with Gasteiger partial charge in [-0.2, -0.15) is 5.10 Å². The van der Waals surface area contributed by atoms with E-state index in [1.807, 2.05) is 10.9 Å². The molecule has 1 heterocycles. The van der Waals surface area contributed by atoms with Crippen LogP contribution in [0.3, 0.4) is 0 Å². The van der Waals surface area contributed by atoms with Crippen molar-refractivity contribution >= 4 is 0 Å². The molecule has 1 aromatic carbocycles. The first-order chi connectivity index (χ1) is 10.3. The number of aromatic nitrogens is 2. The zero-order valence-corrected chi connectivity index (χ0v) is 13.0. The van der Waals surface area contributed by atoms with Gasteiger partial charge in [0.1, 0.15) is 0 Å². The van der Waals surface area contributed by atoms with Gasteiger partial charge >= 0.3 is 0 Å². The zero-order chi connectivity index (χ0) is 14.7. The molecule has 0 saturated heterocycles. The first kappa shape index (κ1) is 14.3. The molecule has 3 rings (SSSR count). The first-order valence-electron chi connectivity index (χ1n) is 8.05. The summed E-state index contributed by atoms with van der Waals surface area (Å²) >= 11 is 0. The van der Waals surface area contributed by atoms with Crippen molar-refractivity contribution in [3.05, 3.63) is 53.3 Å². The molecule has 0 aliphatic heterocycles. The molecule has 0 saturated carbocycles. The molecule has 0 amide bonds. The highest BCUT2D eigenvalue weighted by molar-refractivity contribution is 5.24. The molecule has 0 fully saturated rings. The Morgan fingerprint density at radius 3 is 2.95 bits per heavy atom. The number of hydrogen-bond acceptors (Lipinski definition) is 2. The fourth-order valence-electron chi connectivity index (χ4n) is 3.34. The van der Waals surface area contributed by atoms with Crippen molar-refractivity contribution in [1.29, 1.82) is 0 Å². The molecule has 1 aromatic heterocycles. The van der Waals surface area contributed by atoms with Gasteiger partial charge in [0, 0.05) is 24.3 Å². The molecule has 3 heteroatoms. The van der Waals surface area contributed by atoms with Gasteiger partial charge in [-0.3, -0.25) is 4.68 Å². The lowest BCUT2D eigenvalue weighted by atomic mass is 9.92. The van der Waals surface area contributed by atoms with E-state index in [-0.39, 0.29) is 0 Å². The van der Waals surface area contributed by atoms with Crippen molar-refractivity contribution < 1.29 is 0 Å². The highest BCUT2D eigenvalue weighted by Gasteiger charge is 2.22. The summed E-state index contributed by atoms with van der Waals surface area (Å²) in [5, 5.41) is 8.15. The number of nitrogens with zero attached hydrogens (tertiary/aromatic N) is 2. The molecule has 0 bridgehead atoms. The van der Waals surface area contributed by atoms with Crippen molar-refractivity contribution in [1.82, 2.24) is 15.1 Å². The molecule has 1 aliphatic carbocycles. The van der Waals surface area contributed by atoms with Crippen LogP contribution in [-0.2, 0) is 13.5 Å². The number of nitrogens with one attached hydrogen (secondary N) is 1. The van der Waals surface area contributed by atoms with Gasteiger partial charge in [0.25, 0.3) is 0 Å². The van der Waals surface area contributed by atoms with Gasteiger partial charge in [-0.15, -0.1) is 0 Å². The Morgan fingerprint density at radius 2 is 2.14 bits per heavy atom. The van der Waals surface area contributed by atoms with Crippen molar-refractivity contribution in [2.45, 2.75) is 44.6 Å². The van der Waals surface area contributed by atoms with Crippen LogP contribution in [0.4, 0.5) is 0 Å². The number of fused-ring (bicyclic) bond motifs is 1. The second kappa shape index (κ2) is 6.44. The van der Waals surface area contributed by atoms with E-state index in [0.29, 0.717) is 12.0 Å². The maximum Gasteiger partial charge on any atom is 0.0540 e. The summed E-state index contributed by atoms with van der Waals surface area (Å²) < 4.78 is 2.04. The molecule has 0 spiro atoms. The van der Waals surface area contributed by atoms with Crippen LogP contribution in [-0.4, -0.2) is 16.3 Å². The molecular formula is C18H25N3. The van der Waals surface area contributed by atoms with Gasteiger partial charge in [0.15, 0.2) is 0 Å². The summed E-state index contributed by atoms with van der Waals surface area (Å²) in [5.41, 5.74) is 4.26. The van der Waals surface area contributed by atoms with Crippen LogP contribution in [0.15, 0.2) is 36.5 Å². The normalized spacial score (nSPS) is 19.2. The Balaban J connectivity index is 1.55. The van der Waals surface area contributed by atoms with Crippen LogP contribution in [0, 0.1) is 0 Å². The van der Waals surface area contributed by atoms with E-state index in [0.717, 1.165) is 6.54 Å². The van der Waals surface area contributed by atoms with Crippen molar-refractivity contribution in [2.75, 3.05) is 6.54 Å². The van der Waals surface area contributed by atoms with Gasteiger partial charge in [0.05, 0.1) is 6.20 Å². The summed E-state index contributed by atoms with van der Waals surface area (Å²) in [6, 6.07) is 11.3.